The molecule has 0 radical (unpaired) electrons. The van der Waals surface area contributed by atoms with Crippen molar-refractivity contribution in [1.82, 2.24) is 9.55 Å². The number of alkyl halides is 3. The lowest BCUT2D eigenvalue weighted by molar-refractivity contribution is -0.141. The minimum atomic E-state index is -4.51. The first-order valence-electron chi connectivity index (χ1n) is 9.39. The second-order valence-electron chi connectivity index (χ2n) is 6.93. The second-order valence-corrected chi connectivity index (χ2v) is 8.45. The van der Waals surface area contributed by atoms with Gasteiger partial charge < -0.3 is 9.30 Å². The van der Waals surface area contributed by atoms with E-state index in [0.717, 1.165) is 32.5 Å². The summed E-state index contributed by atoms with van der Waals surface area (Å²) in [7, 11) is 1.32. The molecule has 4 nitrogen and oxygen atoms in total. The molecule has 0 amide bonds. The summed E-state index contributed by atoms with van der Waals surface area (Å²) in [5.41, 5.74) is 1.50. The van der Waals surface area contributed by atoms with Crippen LogP contribution in [0.3, 0.4) is 0 Å². The van der Waals surface area contributed by atoms with E-state index in [1.807, 2.05) is 23.6 Å². The number of fused-ring (bicyclic) bond motifs is 1. The van der Waals surface area contributed by atoms with Crippen LogP contribution in [0.15, 0.2) is 70.6 Å². The lowest BCUT2D eigenvalue weighted by atomic mass is 10.2. The highest BCUT2D eigenvalue weighted by Crippen LogP contribution is 2.41. The topological polar surface area (TPSA) is 44.1 Å². The number of carbonyl (C=O) groups excluding carboxylic acids is 1. The fourth-order valence-electron chi connectivity index (χ4n) is 3.43. The van der Waals surface area contributed by atoms with Crippen LogP contribution in [0.4, 0.5) is 13.2 Å². The molecule has 32 heavy (non-hydrogen) atoms. The Balaban J connectivity index is 1.84. The molecule has 0 saturated carbocycles. The molecule has 0 atom stereocenters. The van der Waals surface area contributed by atoms with Gasteiger partial charge in [-0.25, -0.2) is 9.78 Å². The Hall–Kier alpha value is -2.97. The fourth-order valence-corrected chi connectivity index (χ4v) is 4.68. The molecule has 0 unspecified atom stereocenters. The third-order valence-electron chi connectivity index (χ3n) is 4.88. The van der Waals surface area contributed by atoms with Crippen molar-refractivity contribution in [2.24, 2.45) is 0 Å². The second kappa shape index (κ2) is 8.52. The van der Waals surface area contributed by atoms with Crippen molar-refractivity contribution in [3.63, 3.8) is 0 Å². The van der Waals surface area contributed by atoms with Gasteiger partial charge in [-0.15, -0.1) is 0 Å². The van der Waals surface area contributed by atoms with E-state index in [-0.39, 0.29) is 0 Å². The number of rotatable bonds is 4. The van der Waals surface area contributed by atoms with Gasteiger partial charge in [0.15, 0.2) is 0 Å². The first-order chi connectivity index (χ1) is 15.2. The summed E-state index contributed by atoms with van der Waals surface area (Å²) in [4.78, 5) is 17.2. The molecule has 0 aliphatic rings. The molecule has 4 aromatic rings. The third kappa shape index (κ3) is 4.20. The molecule has 0 spiro atoms. The highest BCUT2D eigenvalue weighted by molar-refractivity contribution is 7.99. The van der Waals surface area contributed by atoms with Gasteiger partial charge in [-0.3, -0.25) is 0 Å². The standard InChI is InChI=1S/C23H16ClF3N2O2S/c1-13-21(32-17-5-3-4-14(10-17)22(30)31-2)18-8-6-15(24)11-19(18)29(13)16-7-9-20(28-12-16)23(25,26)27/h3-12H,1-2H3. The summed E-state index contributed by atoms with van der Waals surface area (Å²) >= 11 is 7.66. The molecule has 0 N–H and O–H groups in total. The molecule has 0 fully saturated rings. The molecule has 2 aromatic heterocycles. The molecule has 2 aromatic carbocycles. The van der Waals surface area contributed by atoms with E-state index in [1.54, 1.807) is 30.3 Å². The lowest BCUT2D eigenvalue weighted by Gasteiger charge is -2.11. The van der Waals surface area contributed by atoms with Gasteiger partial charge in [-0.05, 0) is 49.4 Å². The molecule has 9 heteroatoms. The Morgan fingerprint density at radius 3 is 2.56 bits per heavy atom. The number of pyridine rings is 1. The number of ether oxygens (including phenoxy) is 1. The van der Waals surface area contributed by atoms with E-state index in [9.17, 15) is 18.0 Å². The van der Waals surface area contributed by atoms with Crippen LogP contribution in [0.5, 0.6) is 0 Å². The number of aromatic nitrogens is 2. The predicted molar refractivity (Wildman–Crippen MR) is 118 cm³/mol. The van der Waals surface area contributed by atoms with Crippen molar-refractivity contribution < 1.29 is 22.7 Å². The largest absolute Gasteiger partial charge is 0.465 e. The van der Waals surface area contributed by atoms with E-state index in [1.165, 1.54) is 31.1 Å². The van der Waals surface area contributed by atoms with Crippen LogP contribution < -0.4 is 0 Å². The van der Waals surface area contributed by atoms with Gasteiger partial charge in [-0.1, -0.05) is 35.5 Å². The fraction of sp³-hybridized carbons (Fsp3) is 0.130. The molecular weight excluding hydrogens is 461 g/mol. The number of carbonyl (C=O) groups is 1. The SMILES string of the molecule is COC(=O)c1cccc(Sc2c(C)n(-c3ccc(C(F)(F)F)nc3)c3cc(Cl)ccc23)c1. The van der Waals surface area contributed by atoms with Crippen LogP contribution in [0.2, 0.25) is 5.02 Å². The minimum absolute atomic E-state index is 0.425. The van der Waals surface area contributed by atoms with Gasteiger partial charge in [0.25, 0.3) is 0 Å². The third-order valence-corrected chi connectivity index (χ3v) is 6.33. The molecular formula is C23H16ClF3N2O2S. The minimum Gasteiger partial charge on any atom is -0.465 e. The maximum atomic E-state index is 12.9. The van der Waals surface area contributed by atoms with Crippen molar-refractivity contribution in [3.05, 3.63) is 82.8 Å². The number of benzene rings is 2. The first kappa shape index (κ1) is 22.2. The molecule has 0 aliphatic heterocycles. The summed E-state index contributed by atoms with van der Waals surface area (Å²) in [6, 6.07) is 14.8. The zero-order chi connectivity index (χ0) is 23.0. The van der Waals surface area contributed by atoms with Crippen LogP contribution >= 0.6 is 23.4 Å². The lowest BCUT2D eigenvalue weighted by Crippen LogP contribution is -2.08. The summed E-state index contributed by atoms with van der Waals surface area (Å²) in [5.74, 6) is -0.436. The zero-order valence-electron chi connectivity index (χ0n) is 16.9. The quantitative estimate of drug-likeness (QED) is 0.299. The number of hydrogen-bond donors (Lipinski definition) is 0. The summed E-state index contributed by atoms with van der Waals surface area (Å²) in [5, 5.41) is 1.38. The average molecular weight is 477 g/mol. The number of halogens is 4. The molecule has 164 valence electrons. The summed E-state index contributed by atoms with van der Waals surface area (Å²) in [6.07, 6.45) is -3.32. The van der Waals surface area contributed by atoms with E-state index >= 15 is 0 Å². The Morgan fingerprint density at radius 2 is 1.91 bits per heavy atom. The van der Waals surface area contributed by atoms with Crippen LogP contribution in [0, 0.1) is 6.92 Å². The van der Waals surface area contributed by atoms with Crippen LogP contribution in [0.25, 0.3) is 16.6 Å². The maximum Gasteiger partial charge on any atom is 0.433 e. The van der Waals surface area contributed by atoms with Crippen LogP contribution in [0.1, 0.15) is 21.7 Å². The molecule has 0 bridgehead atoms. The van der Waals surface area contributed by atoms with Crippen molar-refractivity contribution >= 4 is 40.2 Å². The molecule has 0 saturated heterocycles. The average Bonchev–Trinajstić information content (AvgIpc) is 3.03. The number of esters is 1. The maximum absolute atomic E-state index is 12.9. The Kier molecular flexibility index (Phi) is 5.92. The predicted octanol–water partition coefficient (Wildman–Crippen LogP) is 6.94. The van der Waals surface area contributed by atoms with Crippen molar-refractivity contribution in [3.8, 4) is 5.69 Å². The van der Waals surface area contributed by atoms with E-state index < -0.39 is 17.8 Å². The normalized spacial score (nSPS) is 11.7. The number of methoxy groups -OCH3 is 1. The van der Waals surface area contributed by atoms with Crippen LogP contribution in [-0.2, 0) is 10.9 Å². The Bertz CT molecular complexity index is 1320. The monoisotopic (exact) mass is 476 g/mol. The first-order valence-corrected chi connectivity index (χ1v) is 10.6. The van der Waals surface area contributed by atoms with Gasteiger partial charge in [0.1, 0.15) is 5.69 Å². The Morgan fingerprint density at radius 1 is 1.12 bits per heavy atom. The molecule has 0 aliphatic carbocycles. The molecule has 2 heterocycles. The number of hydrogen-bond acceptors (Lipinski definition) is 4. The van der Waals surface area contributed by atoms with Gasteiger partial charge in [0.05, 0.1) is 30.1 Å². The van der Waals surface area contributed by atoms with E-state index in [0.29, 0.717) is 16.3 Å². The van der Waals surface area contributed by atoms with Gasteiger partial charge in [0, 0.05) is 25.9 Å². The Labute approximate surface area is 191 Å². The smallest absolute Gasteiger partial charge is 0.433 e. The van der Waals surface area contributed by atoms with Gasteiger partial charge in [-0.2, -0.15) is 13.2 Å². The summed E-state index contributed by atoms with van der Waals surface area (Å²) in [6.45, 7) is 1.87. The van der Waals surface area contributed by atoms with Crippen molar-refractivity contribution in [2.45, 2.75) is 22.9 Å². The van der Waals surface area contributed by atoms with E-state index in [4.69, 9.17) is 16.3 Å². The summed E-state index contributed by atoms with van der Waals surface area (Å²) < 4.78 is 45.4. The highest BCUT2D eigenvalue weighted by atomic mass is 35.5. The van der Waals surface area contributed by atoms with Gasteiger partial charge in [0.2, 0.25) is 0 Å². The number of nitrogens with zero attached hydrogens (tertiary/aromatic N) is 2. The van der Waals surface area contributed by atoms with Crippen molar-refractivity contribution in [2.75, 3.05) is 7.11 Å². The van der Waals surface area contributed by atoms with Crippen molar-refractivity contribution in [1.29, 1.82) is 0 Å². The van der Waals surface area contributed by atoms with Crippen LogP contribution in [-0.4, -0.2) is 22.6 Å². The highest BCUT2D eigenvalue weighted by Gasteiger charge is 2.32. The van der Waals surface area contributed by atoms with E-state index in [2.05, 4.69) is 4.98 Å². The zero-order valence-corrected chi connectivity index (χ0v) is 18.5. The van der Waals surface area contributed by atoms with Gasteiger partial charge >= 0.3 is 12.1 Å². The molecule has 4 rings (SSSR count).